The minimum Gasteiger partial charge on any atom is -0.462 e. The summed E-state index contributed by atoms with van der Waals surface area (Å²) in [6.07, 6.45) is 54.6. The first-order chi connectivity index (χ1) is 27.5. The van der Waals surface area contributed by atoms with Gasteiger partial charge in [0.2, 0.25) is 0 Å². The van der Waals surface area contributed by atoms with Crippen LogP contribution in [0.4, 0.5) is 0 Å². The Morgan fingerprint density at radius 1 is 0.393 bits per heavy atom. The molecular formula is C50H84O6. The maximum Gasteiger partial charge on any atom is 0.306 e. The van der Waals surface area contributed by atoms with E-state index in [1.165, 1.54) is 83.5 Å². The number of carbonyl (C=O) groups is 3. The molecule has 0 bridgehead atoms. The van der Waals surface area contributed by atoms with Crippen LogP contribution in [-0.4, -0.2) is 37.2 Å². The van der Waals surface area contributed by atoms with Crippen LogP contribution in [0.2, 0.25) is 0 Å². The molecule has 0 spiro atoms. The number of unbranched alkanes of at least 4 members (excludes halogenated alkanes) is 19. The van der Waals surface area contributed by atoms with Gasteiger partial charge >= 0.3 is 17.9 Å². The molecule has 0 saturated carbocycles. The van der Waals surface area contributed by atoms with Crippen molar-refractivity contribution in [3.8, 4) is 0 Å². The zero-order valence-corrected chi connectivity index (χ0v) is 36.4. The quantitative estimate of drug-likeness (QED) is 0.0203. The fourth-order valence-electron chi connectivity index (χ4n) is 6.11. The van der Waals surface area contributed by atoms with Crippen LogP contribution in [0.3, 0.4) is 0 Å². The highest BCUT2D eigenvalue weighted by molar-refractivity contribution is 5.71. The van der Waals surface area contributed by atoms with Crippen LogP contribution in [0.1, 0.15) is 207 Å². The standard InChI is InChI=1S/C50H84O6/c1-4-7-10-13-16-19-22-24-25-26-29-31-34-37-40-43-49(52)55-46-47(45-54-48(51)42-39-36-33-30-27-21-18-15-12-9-6-3)56-50(53)44-41-38-35-32-28-23-20-17-14-11-8-5-2/h7,9-10,12-13,16,18-19,21-22,30,33,47H,4-6,8,11,14-15,17,20,23-29,31-32,34-46H2,1-3H3/b10-7-,12-9-,16-13-,21-18-,22-19-,33-30-. The Morgan fingerprint density at radius 3 is 1.34 bits per heavy atom. The van der Waals surface area contributed by atoms with Crippen LogP contribution in [-0.2, 0) is 28.6 Å². The fourth-order valence-corrected chi connectivity index (χ4v) is 6.11. The monoisotopic (exact) mass is 781 g/mol. The van der Waals surface area contributed by atoms with E-state index in [1.54, 1.807) is 0 Å². The molecular weight excluding hydrogens is 697 g/mol. The first-order valence-electron chi connectivity index (χ1n) is 23.0. The molecule has 0 aliphatic heterocycles. The highest BCUT2D eigenvalue weighted by Gasteiger charge is 2.19. The largest absolute Gasteiger partial charge is 0.462 e. The van der Waals surface area contributed by atoms with Crippen LogP contribution in [0.5, 0.6) is 0 Å². The van der Waals surface area contributed by atoms with E-state index in [0.29, 0.717) is 19.3 Å². The van der Waals surface area contributed by atoms with Crippen LogP contribution in [0.25, 0.3) is 0 Å². The summed E-state index contributed by atoms with van der Waals surface area (Å²) in [4.78, 5) is 37.7. The summed E-state index contributed by atoms with van der Waals surface area (Å²) in [5.41, 5.74) is 0. The third-order valence-electron chi connectivity index (χ3n) is 9.52. The number of ether oxygens (including phenoxy) is 3. The molecule has 0 aromatic heterocycles. The van der Waals surface area contributed by atoms with Gasteiger partial charge in [0.25, 0.3) is 0 Å². The van der Waals surface area contributed by atoms with E-state index in [1.807, 2.05) is 0 Å². The lowest BCUT2D eigenvalue weighted by Gasteiger charge is -2.18. The molecule has 0 aromatic carbocycles. The van der Waals surface area contributed by atoms with Crippen molar-refractivity contribution in [2.75, 3.05) is 13.2 Å². The van der Waals surface area contributed by atoms with Crippen LogP contribution < -0.4 is 0 Å². The summed E-state index contributed by atoms with van der Waals surface area (Å²) in [6.45, 7) is 6.31. The van der Waals surface area contributed by atoms with Crippen LogP contribution >= 0.6 is 0 Å². The van der Waals surface area contributed by atoms with E-state index in [0.717, 1.165) is 77.0 Å². The molecule has 320 valence electrons. The fraction of sp³-hybridized carbons (Fsp3) is 0.700. The summed E-state index contributed by atoms with van der Waals surface area (Å²) >= 11 is 0. The van der Waals surface area contributed by atoms with Gasteiger partial charge in [-0.2, -0.15) is 0 Å². The Labute approximate surface area is 344 Å². The third kappa shape index (κ3) is 42.0. The van der Waals surface area contributed by atoms with Crippen molar-refractivity contribution in [3.63, 3.8) is 0 Å². The molecule has 6 nitrogen and oxygen atoms in total. The van der Waals surface area contributed by atoms with Crippen molar-refractivity contribution in [1.29, 1.82) is 0 Å². The number of carbonyl (C=O) groups excluding carboxylic acids is 3. The third-order valence-corrected chi connectivity index (χ3v) is 9.52. The number of esters is 3. The number of hydrogen-bond acceptors (Lipinski definition) is 6. The molecule has 0 fully saturated rings. The van der Waals surface area contributed by atoms with E-state index in [9.17, 15) is 14.4 Å². The van der Waals surface area contributed by atoms with Gasteiger partial charge in [-0.1, -0.05) is 196 Å². The van der Waals surface area contributed by atoms with Crippen molar-refractivity contribution in [2.45, 2.75) is 213 Å². The SMILES string of the molecule is CC\C=C/C=C\C=C/CCCCCCCCCC(=O)OCC(COC(=O)CCC/C=C\C/C=C\C/C=C\CC)OC(=O)CCCCCCCCCCCCCC. The Hall–Kier alpha value is -3.15. The molecule has 0 radical (unpaired) electrons. The second-order valence-electron chi connectivity index (χ2n) is 15.0. The first kappa shape index (κ1) is 52.9. The molecule has 1 atom stereocenters. The minimum absolute atomic E-state index is 0.0968. The van der Waals surface area contributed by atoms with Crippen LogP contribution in [0, 0.1) is 0 Å². The highest BCUT2D eigenvalue weighted by Crippen LogP contribution is 2.14. The molecule has 0 aliphatic rings. The van der Waals surface area contributed by atoms with Gasteiger partial charge in [-0.25, -0.2) is 0 Å². The first-order valence-corrected chi connectivity index (χ1v) is 23.0. The second kappa shape index (κ2) is 44.6. The highest BCUT2D eigenvalue weighted by atomic mass is 16.6. The van der Waals surface area contributed by atoms with Crippen molar-refractivity contribution in [3.05, 3.63) is 72.9 Å². The Bertz CT molecular complexity index is 1080. The minimum atomic E-state index is -0.796. The average Bonchev–Trinajstić information content (AvgIpc) is 3.19. The normalized spacial score (nSPS) is 12.7. The molecule has 0 rings (SSSR count). The predicted molar refractivity (Wildman–Crippen MR) is 238 cm³/mol. The number of allylic oxidation sites excluding steroid dienone is 12. The molecule has 0 amide bonds. The van der Waals surface area contributed by atoms with Gasteiger partial charge in [0.15, 0.2) is 6.10 Å². The molecule has 0 N–H and O–H groups in total. The number of hydrogen-bond donors (Lipinski definition) is 0. The molecule has 0 aliphatic carbocycles. The van der Waals surface area contributed by atoms with E-state index < -0.39 is 6.10 Å². The Kier molecular flexibility index (Phi) is 42.1. The van der Waals surface area contributed by atoms with Crippen molar-refractivity contribution < 1.29 is 28.6 Å². The van der Waals surface area contributed by atoms with Gasteiger partial charge in [0, 0.05) is 19.3 Å². The molecule has 56 heavy (non-hydrogen) atoms. The molecule has 0 aromatic rings. The smallest absolute Gasteiger partial charge is 0.306 e. The lowest BCUT2D eigenvalue weighted by atomic mass is 10.0. The summed E-state index contributed by atoms with van der Waals surface area (Å²) in [7, 11) is 0. The van der Waals surface area contributed by atoms with Crippen molar-refractivity contribution in [1.82, 2.24) is 0 Å². The second-order valence-corrected chi connectivity index (χ2v) is 15.0. The number of rotatable bonds is 40. The van der Waals surface area contributed by atoms with Crippen molar-refractivity contribution in [2.24, 2.45) is 0 Å². The van der Waals surface area contributed by atoms with Gasteiger partial charge in [0.05, 0.1) is 0 Å². The van der Waals surface area contributed by atoms with E-state index in [2.05, 4.69) is 93.7 Å². The van der Waals surface area contributed by atoms with Gasteiger partial charge < -0.3 is 14.2 Å². The zero-order chi connectivity index (χ0) is 40.8. The summed E-state index contributed by atoms with van der Waals surface area (Å²) in [5.74, 6) is -0.968. The van der Waals surface area contributed by atoms with Gasteiger partial charge in [0.1, 0.15) is 13.2 Å². The van der Waals surface area contributed by atoms with E-state index >= 15 is 0 Å². The van der Waals surface area contributed by atoms with E-state index in [-0.39, 0.29) is 37.5 Å². The molecule has 1 unspecified atom stereocenters. The topological polar surface area (TPSA) is 78.9 Å². The lowest BCUT2D eigenvalue weighted by Crippen LogP contribution is -2.30. The zero-order valence-electron chi connectivity index (χ0n) is 36.4. The summed E-state index contributed by atoms with van der Waals surface area (Å²) in [5, 5.41) is 0. The van der Waals surface area contributed by atoms with Gasteiger partial charge in [-0.05, 0) is 64.2 Å². The summed E-state index contributed by atoms with van der Waals surface area (Å²) < 4.78 is 16.7. The summed E-state index contributed by atoms with van der Waals surface area (Å²) in [6, 6.07) is 0. The Balaban J connectivity index is 4.44. The maximum absolute atomic E-state index is 12.7. The van der Waals surface area contributed by atoms with Gasteiger partial charge in [-0.15, -0.1) is 0 Å². The van der Waals surface area contributed by atoms with Gasteiger partial charge in [-0.3, -0.25) is 14.4 Å². The average molecular weight is 781 g/mol. The van der Waals surface area contributed by atoms with Crippen molar-refractivity contribution >= 4 is 17.9 Å². The lowest BCUT2D eigenvalue weighted by molar-refractivity contribution is -0.167. The molecule has 0 saturated heterocycles. The Morgan fingerprint density at radius 2 is 0.804 bits per heavy atom. The van der Waals surface area contributed by atoms with Crippen LogP contribution in [0.15, 0.2) is 72.9 Å². The molecule has 6 heteroatoms. The van der Waals surface area contributed by atoms with E-state index in [4.69, 9.17) is 14.2 Å². The molecule has 0 heterocycles. The predicted octanol–water partition coefficient (Wildman–Crippen LogP) is 14.7. The maximum atomic E-state index is 12.7.